The van der Waals surface area contributed by atoms with Crippen molar-refractivity contribution in [3.05, 3.63) is 53.2 Å². The second-order valence-corrected chi connectivity index (χ2v) is 6.83. The average Bonchev–Trinajstić information content (AvgIpc) is 3.25. The van der Waals surface area contributed by atoms with E-state index < -0.39 is 0 Å². The second kappa shape index (κ2) is 8.30. The maximum absolute atomic E-state index is 12.5. The maximum Gasteiger partial charge on any atom is 0.287 e. The van der Waals surface area contributed by atoms with Crippen molar-refractivity contribution in [1.29, 1.82) is 0 Å². The molecule has 1 aliphatic heterocycles. The van der Waals surface area contributed by atoms with E-state index in [9.17, 15) is 4.79 Å². The summed E-state index contributed by atoms with van der Waals surface area (Å²) in [5.41, 5.74) is 2.31. The number of rotatable bonds is 7. The van der Waals surface area contributed by atoms with E-state index in [1.165, 1.54) is 12.8 Å². The fraction of sp³-hybridized carbons (Fsp3) is 0.500. The van der Waals surface area contributed by atoms with Crippen molar-refractivity contribution < 1.29 is 9.21 Å². The van der Waals surface area contributed by atoms with Gasteiger partial charge in [0, 0.05) is 37.0 Å². The van der Waals surface area contributed by atoms with E-state index in [1.807, 2.05) is 25.1 Å². The monoisotopic (exact) mass is 341 g/mol. The fourth-order valence-corrected chi connectivity index (χ4v) is 3.41. The molecule has 3 rings (SSSR count). The van der Waals surface area contributed by atoms with Crippen molar-refractivity contribution in [3.8, 4) is 0 Å². The zero-order valence-corrected chi connectivity index (χ0v) is 15.1. The van der Waals surface area contributed by atoms with Crippen LogP contribution in [0.1, 0.15) is 54.1 Å². The minimum Gasteiger partial charge on any atom is -0.456 e. The van der Waals surface area contributed by atoms with Gasteiger partial charge in [-0.15, -0.1) is 0 Å². The van der Waals surface area contributed by atoms with Crippen LogP contribution < -0.4 is 5.32 Å². The molecule has 134 valence electrons. The highest BCUT2D eigenvalue weighted by Gasteiger charge is 2.20. The van der Waals surface area contributed by atoms with E-state index in [0.717, 1.165) is 49.4 Å². The summed E-state index contributed by atoms with van der Waals surface area (Å²) >= 11 is 0. The van der Waals surface area contributed by atoms with E-state index in [4.69, 9.17) is 4.42 Å². The number of nitrogens with zero attached hydrogens (tertiary/aromatic N) is 2. The van der Waals surface area contributed by atoms with Gasteiger partial charge in [-0.05, 0) is 63.0 Å². The lowest BCUT2D eigenvalue weighted by Crippen LogP contribution is -2.33. The van der Waals surface area contributed by atoms with Gasteiger partial charge in [0.1, 0.15) is 5.76 Å². The molecule has 1 atom stereocenters. The summed E-state index contributed by atoms with van der Waals surface area (Å²) in [7, 11) is 0. The zero-order chi connectivity index (χ0) is 17.6. The molecule has 5 nitrogen and oxygen atoms in total. The number of carbonyl (C=O) groups is 1. The van der Waals surface area contributed by atoms with Gasteiger partial charge in [-0.2, -0.15) is 0 Å². The number of hydrogen-bond donors (Lipinski definition) is 1. The topological polar surface area (TPSA) is 58.4 Å². The molecule has 3 heterocycles. The predicted octanol–water partition coefficient (Wildman–Crippen LogP) is 3.19. The molecule has 0 spiro atoms. The van der Waals surface area contributed by atoms with Crippen LogP contribution in [0.2, 0.25) is 0 Å². The summed E-state index contributed by atoms with van der Waals surface area (Å²) in [4.78, 5) is 19.0. The van der Waals surface area contributed by atoms with Crippen LogP contribution in [0, 0.1) is 0 Å². The molecule has 0 aromatic carbocycles. The Morgan fingerprint density at radius 2 is 2.04 bits per heavy atom. The molecule has 5 heteroatoms. The van der Waals surface area contributed by atoms with E-state index in [-0.39, 0.29) is 11.9 Å². The Kier molecular flexibility index (Phi) is 5.87. The number of amides is 1. The van der Waals surface area contributed by atoms with Gasteiger partial charge < -0.3 is 9.73 Å². The Bertz CT molecular complexity index is 690. The van der Waals surface area contributed by atoms with Gasteiger partial charge in [-0.25, -0.2) is 0 Å². The molecule has 1 aliphatic rings. The highest BCUT2D eigenvalue weighted by Crippen LogP contribution is 2.21. The van der Waals surface area contributed by atoms with Crippen molar-refractivity contribution in [2.24, 2.45) is 0 Å². The normalized spacial score (nSPS) is 16.1. The minimum atomic E-state index is -0.135. The maximum atomic E-state index is 12.5. The Balaban J connectivity index is 1.62. The van der Waals surface area contributed by atoms with E-state index >= 15 is 0 Å². The van der Waals surface area contributed by atoms with E-state index in [0.29, 0.717) is 5.76 Å². The molecule has 1 N–H and O–H groups in total. The molecule has 1 fully saturated rings. The molecular weight excluding hydrogens is 314 g/mol. The molecule has 0 bridgehead atoms. The summed E-state index contributed by atoms with van der Waals surface area (Å²) in [6.07, 6.45) is 7.65. The van der Waals surface area contributed by atoms with Crippen LogP contribution >= 0.6 is 0 Å². The van der Waals surface area contributed by atoms with Crippen LogP contribution in [0.3, 0.4) is 0 Å². The molecule has 1 saturated heterocycles. The molecule has 2 aromatic heterocycles. The highest BCUT2D eigenvalue weighted by atomic mass is 16.4. The number of carbonyl (C=O) groups excluding carboxylic acids is 1. The van der Waals surface area contributed by atoms with Crippen LogP contribution in [0.4, 0.5) is 0 Å². The van der Waals surface area contributed by atoms with Crippen LogP contribution in [-0.2, 0) is 19.4 Å². The van der Waals surface area contributed by atoms with Crippen molar-refractivity contribution in [2.45, 2.75) is 52.1 Å². The quantitative estimate of drug-likeness (QED) is 0.840. The number of likely N-dealkylation sites (tertiary alicyclic amines) is 1. The standard InChI is InChI=1S/C20H27N3O2/c1-3-18-17(14-23-10-4-5-11-23)13-19(25-18)20(24)22-15(2)12-16-6-8-21-9-7-16/h6-9,13,15H,3-5,10-12,14H2,1-2H3,(H,22,24)/t15-/m0/s1. The first-order chi connectivity index (χ1) is 12.2. The minimum absolute atomic E-state index is 0.0344. The van der Waals surface area contributed by atoms with Crippen molar-refractivity contribution in [2.75, 3.05) is 13.1 Å². The molecule has 0 radical (unpaired) electrons. The van der Waals surface area contributed by atoms with Gasteiger partial charge in [-0.3, -0.25) is 14.7 Å². The van der Waals surface area contributed by atoms with E-state index in [2.05, 4.69) is 22.1 Å². The average molecular weight is 341 g/mol. The van der Waals surface area contributed by atoms with Crippen LogP contribution in [0.15, 0.2) is 35.0 Å². The van der Waals surface area contributed by atoms with Gasteiger partial charge in [0.2, 0.25) is 0 Å². The van der Waals surface area contributed by atoms with Gasteiger partial charge in [-0.1, -0.05) is 6.92 Å². The molecular formula is C20H27N3O2. The molecule has 2 aromatic rings. The Morgan fingerprint density at radius 1 is 1.32 bits per heavy atom. The largest absolute Gasteiger partial charge is 0.456 e. The highest BCUT2D eigenvalue weighted by molar-refractivity contribution is 5.92. The number of aromatic nitrogens is 1. The third-order valence-electron chi connectivity index (χ3n) is 4.70. The first-order valence-corrected chi connectivity index (χ1v) is 9.19. The lowest BCUT2D eigenvalue weighted by molar-refractivity contribution is 0.0910. The molecule has 1 amide bonds. The lowest BCUT2D eigenvalue weighted by atomic mass is 10.1. The lowest BCUT2D eigenvalue weighted by Gasteiger charge is -2.13. The molecule has 0 unspecified atom stereocenters. The Labute approximate surface area is 149 Å². The van der Waals surface area contributed by atoms with Crippen molar-refractivity contribution in [3.63, 3.8) is 0 Å². The number of pyridine rings is 1. The van der Waals surface area contributed by atoms with Crippen LogP contribution in [-0.4, -0.2) is 34.9 Å². The van der Waals surface area contributed by atoms with E-state index in [1.54, 1.807) is 12.4 Å². The molecule has 0 saturated carbocycles. The summed E-state index contributed by atoms with van der Waals surface area (Å²) in [6, 6.07) is 5.90. The first-order valence-electron chi connectivity index (χ1n) is 9.19. The number of nitrogens with one attached hydrogen (secondary N) is 1. The van der Waals surface area contributed by atoms with Gasteiger partial charge in [0.15, 0.2) is 5.76 Å². The summed E-state index contributed by atoms with van der Waals surface area (Å²) in [6.45, 7) is 7.23. The summed E-state index contributed by atoms with van der Waals surface area (Å²) in [5.74, 6) is 1.22. The first kappa shape index (κ1) is 17.7. The Hall–Kier alpha value is -2.14. The Morgan fingerprint density at radius 3 is 2.72 bits per heavy atom. The second-order valence-electron chi connectivity index (χ2n) is 6.83. The summed E-state index contributed by atoms with van der Waals surface area (Å²) in [5, 5.41) is 3.04. The van der Waals surface area contributed by atoms with Crippen LogP contribution in [0.5, 0.6) is 0 Å². The predicted molar refractivity (Wildman–Crippen MR) is 97.5 cm³/mol. The number of hydrogen-bond acceptors (Lipinski definition) is 4. The molecule has 25 heavy (non-hydrogen) atoms. The third-order valence-corrected chi connectivity index (χ3v) is 4.70. The SMILES string of the molecule is CCc1oc(C(=O)N[C@@H](C)Cc2ccncc2)cc1CN1CCCC1. The smallest absolute Gasteiger partial charge is 0.287 e. The van der Waals surface area contributed by atoms with Gasteiger partial charge >= 0.3 is 0 Å². The van der Waals surface area contributed by atoms with Crippen molar-refractivity contribution in [1.82, 2.24) is 15.2 Å². The van der Waals surface area contributed by atoms with Crippen molar-refractivity contribution >= 4 is 5.91 Å². The molecule has 0 aliphatic carbocycles. The van der Waals surface area contributed by atoms with Gasteiger partial charge in [0.05, 0.1) is 0 Å². The zero-order valence-electron chi connectivity index (χ0n) is 15.1. The third kappa shape index (κ3) is 4.69. The number of aryl methyl sites for hydroxylation is 1. The van der Waals surface area contributed by atoms with Gasteiger partial charge in [0.25, 0.3) is 5.91 Å². The summed E-state index contributed by atoms with van der Waals surface area (Å²) < 4.78 is 5.84. The number of furan rings is 1. The van der Waals surface area contributed by atoms with Crippen LogP contribution in [0.25, 0.3) is 0 Å². The fourth-order valence-electron chi connectivity index (χ4n) is 3.41.